The van der Waals surface area contributed by atoms with Gasteiger partial charge in [-0.3, -0.25) is 14.5 Å². The van der Waals surface area contributed by atoms with Crippen molar-refractivity contribution in [2.75, 3.05) is 31.5 Å². The lowest BCUT2D eigenvalue weighted by Crippen LogP contribution is -2.80. The number of hydrogen-bond acceptors (Lipinski definition) is 8. The van der Waals surface area contributed by atoms with Crippen LogP contribution in [0.1, 0.15) is 6.92 Å². The van der Waals surface area contributed by atoms with Crippen LogP contribution in [-0.4, -0.2) is 65.3 Å². The lowest BCUT2D eigenvalue weighted by molar-refractivity contribution is -0.192. The standard InChI is InChI=1S/C14H17N3O5S2/c1-8-6-24-13-14(22-3,16-9(18)7-23-5-4-15)12(20)17(13)10(8)11(19)21-2/h13H,5-7H2,1-3H3,(H,16,18)/t13-,14+/m1/s1. The van der Waals surface area contributed by atoms with E-state index in [1.807, 2.05) is 6.07 Å². The molecular weight excluding hydrogens is 354 g/mol. The Morgan fingerprint density at radius 1 is 1.54 bits per heavy atom. The van der Waals surface area contributed by atoms with Crippen molar-refractivity contribution < 1.29 is 23.9 Å². The van der Waals surface area contributed by atoms with E-state index in [0.717, 1.165) is 17.3 Å². The maximum atomic E-state index is 12.7. The fraction of sp³-hybridized carbons (Fsp3) is 0.571. The second-order valence-electron chi connectivity index (χ2n) is 5.10. The van der Waals surface area contributed by atoms with E-state index in [4.69, 9.17) is 14.7 Å². The van der Waals surface area contributed by atoms with Gasteiger partial charge in [0.25, 0.3) is 11.6 Å². The summed E-state index contributed by atoms with van der Waals surface area (Å²) in [5.74, 6) is -0.769. The lowest BCUT2D eigenvalue weighted by atomic mass is 9.98. The van der Waals surface area contributed by atoms with Gasteiger partial charge in [0.15, 0.2) is 0 Å². The molecular formula is C14H17N3O5S2. The van der Waals surface area contributed by atoms with Crippen molar-refractivity contribution in [1.29, 1.82) is 5.26 Å². The Morgan fingerprint density at radius 2 is 2.25 bits per heavy atom. The minimum Gasteiger partial charge on any atom is -0.464 e. The summed E-state index contributed by atoms with van der Waals surface area (Å²) in [5.41, 5.74) is -0.571. The SMILES string of the molecule is COC(=O)C1=C(C)CS[C@H]2N1C(=O)[C@]2(NC(=O)CSCC#N)OC. The van der Waals surface area contributed by atoms with Gasteiger partial charge in [-0.15, -0.1) is 23.5 Å². The Hall–Kier alpha value is -1.70. The summed E-state index contributed by atoms with van der Waals surface area (Å²) >= 11 is 2.54. The van der Waals surface area contributed by atoms with Crippen LogP contribution >= 0.6 is 23.5 Å². The van der Waals surface area contributed by atoms with E-state index in [1.165, 1.54) is 30.9 Å². The first kappa shape index (κ1) is 18.6. The third-order valence-corrected chi connectivity index (χ3v) is 5.90. The number of carbonyl (C=O) groups is 3. The molecule has 0 spiro atoms. The fourth-order valence-electron chi connectivity index (χ4n) is 2.55. The van der Waals surface area contributed by atoms with Gasteiger partial charge in [-0.05, 0) is 12.5 Å². The van der Waals surface area contributed by atoms with E-state index in [9.17, 15) is 14.4 Å². The summed E-state index contributed by atoms with van der Waals surface area (Å²) in [4.78, 5) is 38.0. The summed E-state index contributed by atoms with van der Waals surface area (Å²) in [6.45, 7) is 1.76. The number of amides is 2. The predicted molar refractivity (Wildman–Crippen MR) is 88.6 cm³/mol. The first-order valence-corrected chi connectivity index (χ1v) is 9.17. The van der Waals surface area contributed by atoms with E-state index < -0.39 is 28.9 Å². The molecule has 130 valence electrons. The van der Waals surface area contributed by atoms with E-state index in [2.05, 4.69) is 5.32 Å². The van der Waals surface area contributed by atoms with Crippen molar-refractivity contribution in [3.05, 3.63) is 11.3 Å². The molecule has 2 atom stereocenters. The van der Waals surface area contributed by atoms with Crippen LogP contribution in [0.5, 0.6) is 0 Å². The third-order valence-electron chi connectivity index (χ3n) is 3.65. The molecule has 8 nitrogen and oxygen atoms in total. The number of nitriles is 1. The number of ether oxygens (including phenoxy) is 2. The molecule has 1 N–H and O–H groups in total. The minimum absolute atomic E-state index is 0.0437. The zero-order chi connectivity index (χ0) is 17.9. The van der Waals surface area contributed by atoms with Crippen LogP contribution in [0, 0.1) is 11.3 Å². The van der Waals surface area contributed by atoms with E-state index in [-0.39, 0.29) is 17.2 Å². The predicted octanol–water partition coefficient (Wildman–Crippen LogP) is 0.0642. The van der Waals surface area contributed by atoms with Gasteiger partial charge >= 0.3 is 5.97 Å². The zero-order valence-electron chi connectivity index (χ0n) is 13.5. The number of nitrogens with one attached hydrogen (secondary N) is 1. The van der Waals surface area contributed by atoms with Gasteiger partial charge in [-0.25, -0.2) is 4.79 Å². The summed E-state index contributed by atoms with van der Waals surface area (Å²) in [7, 11) is 2.59. The van der Waals surface area contributed by atoms with Gasteiger partial charge in [0, 0.05) is 12.9 Å². The molecule has 0 aromatic rings. The summed E-state index contributed by atoms with van der Waals surface area (Å²) < 4.78 is 10.1. The number of nitrogens with zero attached hydrogens (tertiary/aromatic N) is 2. The van der Waals surface area contributed by atoms with Crippen LogP contribution in [-0.2, 0) is 23.9 Å². The van der Waals surface area contributed by atoms with Crippen LogP contribution < -0.4 is 5.32 Å². The maximum Gasteiger partial charge on any atom is 0.354 e. The van der Waals surface area contributed by atoms with Gasteiger partial charge in [-0.2, -0.15) is 5.26 Å². The maximum absolute atomic E-state index is 12.7. The molecule has 0 aromatic heterocycles. The second kappa shape index (κ2) is 7.46. The molecule has 0 bridgehead atoms. The third kappa shape index (κ3) is 2.99. The molecule has 0 aromatic carbocycles. The number of rotatable bonds is 6. The minimum atomic E-state index is -1.51. The number of β-lactam (4-membered cyclic amide) rings is 1. The molecule has 1 saturated heterocycles. The Balaban J connectivity index is 2.18. The van der Waals surface area contributed by atoms with Crippen LogP contribution in [0.4, 0.5) is 0 Å². The van der Waals surface area contributed by atoms with Gasteiger partial charge < -0.3 is 14.8 Å². The Kier molecular flexibility index (Phi) is 5.79. The van der Waals surface area contributed by atoms with Crippen molar-refractivity contribution in [1.82, 2.24) is 10.2 Å². The van der Waals surface area contributed by atoms with Crippen LogP contribution in [0.25, 0.3) is 0 Å². The molecule has 2 aliphatic rings. The molecule has 2 heterocycles. The first-order valence-electron chi connectivity index (χ1n) is 6.97. The molecule has 0 aliphatic carbocycles. The number of fused-ring (bicyclic) bond motifs is 1. The van der Waals surface area contributed by atoms with Crippen molar-refractivity contribution in [2.45, 2.75) is 18.0 Å². The number of thioether (sulfide) groups is 2. The largest absolute Gasteiger partial charge is 0.464 e. The Labute approximate surface area is 147 Å². The molecule has 0 unspecified atom stereocenters. The van der Waals surface area contributed by atoms with Gasteiger partial charge in [0.1, 0.15) is 11.1 Å². The highest BCUT2D eigenvalue weighted by atomic mass is 32.2. The highest BCUT2D eigenvalue weighted by Gasteiger charge is 2.66. The van der Waals surface area contributed by atoms with Crippen molar-refractivity contribution in [3.8, 4) is 6.07 Å². The van der Waals surface area contributed by atoms with Crippen LogP contribution in [0.15, 0.2) is 11.3 Å². The Morgan fingerprint density at radius 3 is 2.83 bits per heavy atom. The van der Waals surface area contributed by atoms with Gasteiger partial charge in [0.05, 0.1) is 24.7 Å². The molecule has 0 saturated carbocycles. The van der Waals surface area contributed by atoms with Crippen molar-refractivity contribution >= 4 is 41.3 Å². The summed E-state index contributed by atoms with van der Waals surface area (Å²) in [6, 6.07) is 1.93. The number of methoxy groups -OCH3 is 2. The monoisotopic (exact) mass is 371 g/mol. The summed E-state index contributed by atoms with van der Waals surface area (Å²) in [6.07, 6.45) is 0. The lowest BCUT2D eigenvalue weighted by Gasteiger charge is -2.55. The summed E-state index contributed by atoms with van der Waals surface area (Å²) in [5, 5.41) is 10.6. The highest BCUT2D eigenvalue weighted by molar-refractivity contribution is 8.00. The highest BCUT2D eigenvalue weighted by Crippen LogP contribution is 2.46. The first-order chi connectivity index (χ1) is 11.4. The fourth-order valence-corrected chi connectivity index (χ4v) is 4.39. The Bertz CT molecular complexity index is 645. The molecule has 2 amide bonds. The molecule has 2 rings (SSSR count). The second-order valence-corrected chi connectivity index (χ2v) is 7.15. The number of carbonyl (C=O) groups excluding carboxylic acids is 3. The van der Waals surface area contributed by atoms with Crippen LogP contribution in [0.3, 0.4) is 0 Å². The van der Waals surface area contributed by atoms with Crippen molar-refractivity contribution in [2.24, 2.45) is 0 Å². The van der Waals surface area contributed by atoms with Crippen LogP contribution in [0.2, 0.25) is 0 Å². The average Bonchev–Trinajstić information content (AvgIpc) is 2.58. The van der Waals surface area contributed by atoms with E-state index in [0.29, 0.717) is 5.75 Å². The number of esters is 1. The quantitative estimate of drug-likeness (QED) is 0.302. The molecule has 10 heteroatoms. The zero-order valence-corrected chi connectivity index (χ0v) is 15.1. The normalized spacial score (nSPS) is 25.5. The average molecular weight is 371 g/mol. The van der Waals surface area contributed by atoms with Crippen molar-refractivity contribution in [3.63, 3.8) is 0 Å². The van der Waals surface area contributed by atoms with Gasteiger partial charge in [-0.1, -0.05) is 0 Å². The molecule has 24 heavy (non-hydrogen) atoms. The molecule has 2 aliphatic heterocycles. The topological polar surface area (TPSA) is 109 Å². The molecule has 0 radical (unpaired) electrons. The van der Waals surface area contributed by atoms with Gasteiger partial charge in [0.2, 0.25) is 5.91 Å². The van der Waals surface area contributed by atoms with E-state index in [1.54, 1.807) is 6.92 Å². The molecule has 1 fully saturated rings. The number of hydrogen-bond donors (Lipinski definition) is 1. The smallest absolute Gasteiger partial charge is 0.354 e. The van der Waals surface area contributed by atoms with E-state index >= 15 is 0 Å².